The van der Waals surface area contributed by atoms with Crippen LogP contribution in [0.1, 0.15) is 5.56 Å². The molecule has 0 amide bonds. The van der Waals surface area contributed by atoms with E-state index in [0.717, 1.165) is 17.5 Å². The highest BCUT2D eigenvalue weighted by Crippen LogP contribution is 2.03. The summed E-state index contributed by atoms with van der Waals surface area (Å²) >= 11 is 0. The maximum atomic E-state index is 10.2. The zero-order valence-electron chi connectivity index (χ0n) is 6.34. The van der Waals surface area contributed by atoms with Crippen LogP contribution in [0.4, 0.5) is 0 Å². The van der Waals surface area contributed by atoms with Gasteiger partial charge in [0.1, 0.15) is 12.6 Å². The van der Waals surface area contributed by atoms with Gasteiger partial charge in [0, 0.05) is 12.6 Å². The molecule has 0 fully saturated rings. The Labute approximate surface area is 68.8 Å². The first-order valence-electron chi connectivity index (χ1n) is 3.62. The standard InChI is InChI=1S/C8H7N3O/c12-4-2-7-1-3-11-6-9-10-8(11)5-7/h1,3-6H,2H2. The molecule has 0 aliphatic carbocycles. The van der Waals surface area contributed by atoms with E-state index in [1.807, 2.05) is 18.3 Å². The molecule has 0 saturated heterocycles. The lowest BCUT2D eigenvalue weighted by Gasteiger charge is -1.94. The van der Waals surface area contributed by atoms with Crippen LogP contribution in [0.3, 0.4) is 0 Å². The fourth-order valence-electron chi connectivity index (χ4n) is 1.08. The summed E-state index contributed by atoms with van der Waals surface area (Å²) in [5.41, 5.74) is 1.74. The Morgan fingerprint density at radius 1 is 1.58 bits per heavy atom. The molecule has 0 aromatic carbocycles. The van der Waals surface area contributed by atoms with Crippen molar-refractivity contribution >= 4 is 11.9 Å². The normalized spacial score (nSPS) is 10.3. The lowest BCUT2D eigenvalue weighted by molar-refractivity contribution is -0.107. The fraction of sp³-hybridized carbons (Fsp3) is 0.125. The number of nitrogens with zero attached hydrogens (tertiary/aromatic N) is 3. The molecule has 12 heavy (non-hydrogen) atoms. The summed E-state index contributed by atoms with van der Waals surface area (Å²) in [5.74, 6) is 0. The maximum absolute atomic E-state index is 10.2. The Balaban J connectivity index is 2.52. The summed E-state index contributed by atoms with van der Waals surface area (Å²) < 4.78 is 1.80. The van der Waals surface area contributed by atoms with Gasteiger partial charge in [-0.05, 0) is 17.7 Å². The third-order valence-corrected chi connectivity index (χ3v) is 1.68. The van der Waals surface area contributed by atoms with E-state index < -0.39 is 0 Å². The van der Waals surface area contributed by atoms with E-state index in [9.17, 15) is 4.79 Å². The first kappa shape index (κ1) is 6.97. The van der Waals surface area contributed by atoms with Crippen LogP contribution in [-0.4, -0.2) is 20.9 Å². The minimum Gasteiger partial charge on any atom is -0.303 e. The van der Waals surface area contributed by atoms with E-state index in [0.29, 0.717) is 6.42 Å². The fourth-order valence-corrected chi connectivity index (χ4v) is 1.08. The molecule has 60 valence electrons. The van der Waals surface area contributed by atoms with E-state index in [4.69, 9.17) is 0 Å². The van der Waals surface area contributed by atoms with Crippen molar-refractivity contribution < 1.29 is 4.79 Å². The SMILES string of the molecule is O=CCc1ccn2cnnc2c1. The Bertz CT molecular complexity index is 407. The zero-order valence-corrected chi connectivity index (χ0v) is 6.34. The zero-order chi connectivity index (χ0) is 8.39. The summed E-state index contributed by atoms with van der Waals surface area (Å²) in [6, 6.07) is 3.73. The summed E-state index contributed by atoms with van der Waals surface area (Å²) in [4.78, 5) is 10.2. The quantitative estimate of drug-likeness (QED) is 0.601. The summed E-state index contributed by atoms with van der Waals surface area (Å²) in [6.07, 6.45) is 4.78. The molecule has 2 aromatic rings. The molecule has 0 unspecified atom stereocenters. The van der Waals surface area contributed by atoms with Crippen LogP contribution >= 0.6 is 0 Å². The lowest BCUT2D eigenvalue weighted by atomic mass is 10.2. The van der Waals surface area contributed by atoms with Gasteiger partial charge in [0.15, 0.2) is 5.65 Å². The van der Waals surface area contributed by atoms with Gasteiger partial charge in [0.05, 0.1) is 0 Å². The molecule has 0 bridgehead atoms. The molecule has 0 N–H and O–H groups in total. The predicted octanol–water partition coefficient (Wildman–Crippen LogP) is 0.471. The second-order valence-corrected chi connectivity index (χ2v) is 2.50. The van der Waals surface area contributed by atoms with Crippen molar-refractivity contribution in [2.24, 2.45) is 0 Å². The van der Waals surface area contributed by atoms with E-state index in [1.54, 1.807) is 10.7 Å². The number of carbonyl (C=O) groups is 1. The second-order valence-electron chi connectivity index (χ2n) is 2.50. The third kappa shape index (κ3) is 1.07. The highest BCUT2D eigenvalue weighted by molar-refractivity contribution is 5.56. The largest absolute Gasteiger partial charge is 0.303 e. The monoisotopic (exact) mass is 161 g/mol. The Morgan fingerprint density at radius 2 is 2.50 bits per heavy atom. The van der Waals surface area contributed by atoms with Crippen LogP contribution in [0, 0.1) is 0 Å². The number of hydrogen-bond acceptors (Lipinski definition) is 3. The molecule has 2 aromatic heterocycles. The van der Waals surface area contributed by atoms with Gasteiger partial charge in [-0.25, -0.2) is 0 Å². The van der Waals surface area contributed by atoms with Gasteiger partial charge in [-0.1, -0.05) is 0 Å². The topological polar surface area (TPSA) is 47.3 Å². The highest BCUT2D eigenvalue weighted by atomic mass is 16.1. The molecule has 0 saturated carbocycles. The molecule has 0 radical (unpaired) electrons. The van der Waals surface area contributed by atoms with E-state index in [-0.39, 0.29) is 0 Å². The Morgan fingerprint density at radius 3 is 3.33 bits per heavy atom. The lowest BCUT2D eigenvalue weighted by Crippen LogP contribution is -1.89. The number of hydrogen-bond donors (Lipinski definition) is 0. The van der Waals surface area contributed by atoms with Gasteiger partial charge in [0.25, 0.3) is 0 Å². The number of carbonyl (C=O) groups excluding carboxylic acids is 1. The molecule has 0 aliphatic heterocycles. The molecule has 0 spiro atoms. The average Bonchev–Trinajstić information content (AvgIpc) is 2.51. The first-order valence-corrected chi connectivity index (χ1v) is 3.62. The molecule has 0 atom stereocenters. The molecule has 4 heteroatoms. The number of rotatable bonds is 2. The van der Waals surface area contributed by atoms with Crippen molar-refractivity contribution in [3.05, 3.63) is 30.2 Å². The predicted molar refractivity (Wildman–Crippen MR) is 42.8 cm³/mol. The minimum atomic E-state index is 0.434. The van der Waals surface area contributed by atoms with Crippen LogP contribution in [0.5, 0.6) is 0 Å². The van der Waals surface area contributed by atoms with Crippen molar-refractivity contribution in [3.8, 4) is 0 Å². The van der Waals surface area contributed by atoms with E-state index in [1.165, 1.54) is 0 Å². The summed E-state index contributed by atoms with van der Waals surface area (Å²) in [7, 11) is 0. The van der Waals surface area contributed by atoms with Crippen molar-refractivity contribution in [3.63, 3.8) is 0 Å². The smallest absolute Gasteiger partial charge is 0.160 e. The molecule has 2 heterocycles. The number of aldehydes is 1. The van der Waals surface area contributed by atoms with E-state index in [2.05, 4.69) is 10.2 Å². The van der Waals surface area contributed by atoms with Gasteiger partial charge in [0.2, 0.25) is 0 Å². The molecular formula is C8H7N3O. The summed E-state index contributed by atoms with van der Waals surface area (Å²) in [6.45, 7) is 0. The van der Waals surface area contributed by atoms with Crippen LogP contribution in [-0.2, 0) is 11.2 Å². The van der Waals surface area contributed by atoms with E-state index >= 15 is 0 Å². The molecule has 4 nitrogen and oxygen atoms in total. The van der Waals surface area contributed by atoms with Gasteiger partial charge in [-0.2, -0.15) is 0 Å². The Hall–Kier alpha value is -1.71. The van der Waals surface area contributed by atoms with Crippen molar-refractivity contribution in [2.45, 2.75) is 6.42 Å². The van der Waals surface area contributed by atoms with Crippen molar-refractivity contribution in [2.75, 3.05) is 0 Å². The van der Waals surface area contributed by atoms with Gasteiger partial charge >= 0.3 is 0 Å². The second kappa shape index (κ2) is 2.73. The van der Waals surface area contributed by atoms with Crippen molar-refractivity contribution in [1.29, 1.82) is 0 Å². The van der Waals surface area contributed by atoms with Crippen molar-refractivity contribution in [1.82, 2.24) is 14.6 Å². The number of pyridine rings is 1. The van der Waals surface area contributed by atoms with Crippen LogP contribution in [0.2, 0.25) is 0 Å². The first-order chi connectivity index (χ1) is 5.90. The van der Waals surface area contributed by atoms with Gasteiger partial charge in [-0.15, -0.1) is 10.2 Å². The Kier molecular flexibility index (Phi) is 1.59. The minimum absolute atomic E-state index is 0.434. The third-order valence-electron chi connectivity index (χ3n) is 1.68. The van der Waals surface area contributed by atoms with Crippen LogP contribution in [0.15, 0.2) is 24.7 Å². The summed E-state index contributed by atoms with van der Waals surface area (Å²) in [5, 5.41) is 7.59. The van der Waals surface area contributed by atoms with Gasteiger partial charge in [-0.3, -0.25) is 4.40 Å². The highest BCUT2D eigenvalue weighted by Gasteiger charge is 1.96. The molecule has 2 rings (SSSR count). The number of fused-ring (bicyclic) bond motifs is 1. The van der Waals surface area contributed by atoms with Gasteiger partial charge < -0.3 is 4.79 Å². The van der Waals surface area contributed by atoms with Crippen LogP contribution < -0.4 is 0 Å². The average molecular weight is 161 g/mol. The molecule has 0 aliphatic rings. The maximum Gasteiger partial charge on any atom is 0.160 e. The number of aromatic nitrogens is 3. The van der Waals surface area contributed by atoms with Crippen LogP contribution in [0.25, 0.3) is 5.65 Å². The molecular weight excluding hydrogens is 154 g/mol.